The molecule has 0 radical (unpaired) electrons. The monoisotopic (exact) mass is 625 g/mol. The van der Waals surface area contributed by atoms with E-state index in [2.05, 4.69) is 61.8 Å². The van der Waals surface area contributed by atoms with Gasteiger partial charge in [0, 0.05) is 43.3 Å². The topological polar surface area (TPSA) is 117 Å². The van der Waals surface area contributed by atoms with Gasteiger partial charge in [0.1, 0.15) is 11.3 Å². The van der Waals surface area contributed by atoms with Crippen molar-refractivity contribution < 1.29 is 10.2 Å². The number of nitrogens with two attached hydrogens (primary N) is 1. The van der Waals surface area contributed by atoms with Gasteiger partial charge in [-0.15, -0.1) is 0 Å². The van der Waals surface area contributed by atoms with Crippen LogP contribution in [0.2, 0.25) is 0 Å². The molecule has 9 heteroatoms. The minimum atomic E-state index is -0.0722. The fraction of sp³-hybridized carbons (Fsp3) is 0.289. The molecule has 2 saturated heterocycles. The number of rotatable bonds is 6. The number of phenolic OH excluding ortho intramolecular Hbond substituents is 2. The Balaban J connectivity index is 1.01. The summed E-state index contributed by atoms with van der Waals surface area (Å²) in [5.74, 6) is 1.04. The molecule has 238 valence electrons. The van der Waals surface area contributed by atoms with Crippen LogP contribution in [-0.4, -0.2) is 60.8 Å². The average molecular weight is 626 g/mol. The molecule has 1 aliphatic carbocycles. The Morgan fingerprint density at radius 1 is 0.830 bits per heavy atom. The Labute approximate surface area is 274 Å². The van der Waals surface area contributed by atoms with E-state index >= 15 is 0 Å². The molecule has 3 aromatic heterocycles. The molecule has 3 aliphatic rings. The van der Waals surface area contributed by atoms with Gasteiger partial charge in [0.05, 0.1) is 11.3 Å². The van der Waals surface area contributed by atoms with E-state index in [4.69, 9.17) is 15.7 Å². The lowest BCUT2D eigenvalue weighted by Crippen LogP contribution is -2.41. The maximum atomic E-state index is 9.99. The third-order valence-corrected chi connectivity index (χ3v) is 10.2. The van der Waals surface area contributed by atoms with Crippen molar-refractivity contribution in [3.05, 3.63) is 102 Å². The number of aromatic nitrogens is 4. The largest absolute Gasteiger partial charge is 0.504 e. The summed E-state index contributed by atoms with van der Waals surface area (Å²) in [6.07, 6.45) is 13.8. The standard InChI is InChI=1S/C38H39N7O2/c39-35-30(7-4-19-40-35)36-42-32-14-13-31(27-5-2-1-3-6-27)41-37(32)45(36)28-10-8-26(9-11-28)24-43-20-16-38(17-21-43)18-22-44(25-38)29-12-15-33(46)34(47)23-29/h2,4-15,19,23,46-47H,1,3,16-18,20-22,24-25H2,(H2,39,40). The number of benzene rings is 2. The zero-order chi connectivity index (χ0) is 32.0. The van der Waals surface area contributed by atoms with E-state index in [0.29, 0.717) is 11.2 Å². The quantitative estimate of drug-likeness (QED) is 0.179. The SMILES string of the molecule is Nc1ncccc1-c1nc2ccc(C3=CCCC=C3)nc2n1-c1ccc(CN2CCC3(CC2)CCN(c2ccc(O)c(O)c2)C3)cc1. The van der Waals surface area contributed by atoms with Crippen LogP contribution in [0.3, 0.4) is 0 Å². The van der Waals surface area contributed by atoms with Crippen molar-refractivity contribution in [2.24, 2.45) is 5.41 Å². The molecule has 0 atom stereocenters. The summed E-state index contributed by atoms with van der Waals surface area (Å²) < 4.78 is 2.10. The van der Waals surface area contributed by atoms with Crippen LogP contribution in [0.1, 0.15) is 43.4 Å². The number of nitrogens with zero attached hydrogens (tertiary/aromatic N) is 6. The van der Waals surface area contributed by atoms with Gasteiger partial charge in [-0.25, -0.2) is 15.0 Å². The highest BCUT2D eigenvalue weighted by Crippen LogP contribution is 2.43. The minimum absolute atomic E-state index is 0.0570. The smallest absolute Gasteiger partial charge is 0.165 e. The molecule has 4 N–H and O–H groups in total. The Morgan fingerprint density at radius 3 is 2.40 bits per heavy atom. The van der Waals surface area contributed by atoms with Crippen LogP contribution in [-0.2, 0) is 6.54 Å². The fourth-order valence-electron chi connectivity index (χ4n) is 7.42. The first-order valence-corrected chi connectivity index (χ1v) is 16.5. The van der Waals surface area contributed by atoms with E-state index in [1.807, 2.05) is 30.3 Å². The summed E-state index contributed by atoms with van der Waals surface area (Å²) in [4.78, 5) is 19.4. The number of pyridine rings is 2. The van der Waals surface area contributed by atoms with Gasteiger partial charge in [-0.3, -0.25) is 9.47 Å². The molecule has 9 nitrogen and oxygen atoms in total. The van der Waals surface area contributed by atoms with Gasteiger partial charge in [0.2, 0.25) is 0 Å². The van der Waals surface area contributed by atoms with Gasteiger partial charge in [0.15, 0.2) is 23.0 Å². The summed E-state index contributed by atoms with van der Waals surface area (Å²) >= 11 is 0. The number of anilines is 2. The van der Waals surface area contributed by atoms with Crippen molar-refractivity contribution in [2.75, 3.05) is 36.8 Å². The molecule has 0 bridgehead atoms. The second-order valence-electron chi connectivity index (χ2n) is 13.2. The first kappa shape index (κ1) is 29.3. The zero-order valence-electron chi connectivity index (χ0n) is 26.4. The second-order valence-corrected chi connectivity index (χ2v) is 13.2. The van der Waals surface area contributed by atoms with Crippen molar-refractivity contribution in [1.29, 1.82) is 0 Å². The molecule has 2 fully saturated rings. The molecular weight excluding hydrogens is 586 g/mol. The molecule has 47 heavy (non-hydrogen) atoms. The van der Waals surface area contributed by atoms with Crippen molar-refractivity contribution in [2.45, 2.75) is 38.6 Å². The number of imidazole rings is 1. The maximum absolute atomic E-state index is 9.99. The van der Waals surface area contributed by atoms with Crippen LogP contribution in [0.15, 0.2) is 91.2 Å². The van der Waals surface area contributed by atoms with E-state index in [1.54, 1.807) is 18.3 Å². The molecule has 0 saturated carbocycles. The molecule has 5 aromatic rings. The highest BCUT2D eigenvalue weighted by atomic mass is 16.3. The third-order valence-electron chi connectivity index (χ3n) is 10.2. The van der Waals surface area contributed by atoms with Gasteiger partial charge >= 0.3 is 0 Å². The van der Waals surface area contributed by atoms with Gasteiger partial charge < -0.3 is 20.8 Å². The Hall–Kier alpha value is -5.15. The maximum Gasteiger partial charge on any atom is 0.165 e. The first-order valence-electron chi connectivity index (χ1n) is 16.5. The third kappa shape index (κ3) is 5.61. The molecule has 1 spiro atoms. The number of likely N-dealkylation sites (tertiary alicyclic amines) is 1. The lowest BCUT2D eigenvalue weighted by atomic mass is 9.77. The van der Waals surface area contributed by atoms with E-state index in [-0.39, 0.29) is 11.5 Å². The average Bonchev–Trinajstić information content (AvgIpc) is 3.70. The Kier molecular flexibility index (Phi) is 7.41. The molecular formula is C38H39N7O2. The van der Waals surface area contributed by atoms with Crippen LogP contribution in [0, 0.1) is 5.41 Å². The highest BCUT2D eigenvalue weighted by Gasteiger charge is 2.40. The van der Waals surface area contributed by atoms with Gasteiger partial charge in [0.25, 0.3) is 0 Å². The van der Waals surface area contributed by atoms with E-state index in [0.717, 1.165) is 110 Å². The predicted molar refractivity (Wildman–Crippen MR) is 186 cm³/mol. The van der Waals surface area contributed by atoms with Crippen LogP contribution in [0.4, 0.5) is 11.5 Å². The van der Waals surface area contributed by atoms with Crippen LogP contribution >= 0.6 is 0 Å². The summed E-state index contributed by atoms with van der Waals surface area (Å²) in [6, 6.07) is 21.8. The van der Waals surface area contributed by atoms with Crippen LogP contribution < -0.4 is 10.6 Å². The van der Waals surface area contributed by atoms with Crippen molar-refractivity contribution in [1.82, 2.24) is 24.4 Å². The van der Waals surface area contributed by atoms with Crippen LogP contribution in [0.25, 0.3) is 33.8 Å². The number of piperidine rings is 1. The van der Waals surface area contributed by atoms with Crippen molar-refractivity contribution >= 4 is 28.2 Å². The normalized spacial score (nSPS) is 17.9. The van der Waals surface area contributed by atoms with Gasteiger partial charge in [-0.05, 0) is 110 Å². The van der Waals surface area contributed by atoms with Gasteiger partial charge in [-0.1, -0.05) is 30.4 Å². The summed E-state index contributed by atoms with van der Waals surface area (Å²) in [6.45, 7) is 4.99. The summed E-state index contributed by atoms with van der Waals surface area (Å²) in [5.41, 5.74) is 14.4. The lowest BCUT2D eigenvalue weighted by molar-refractivity contribution is 0.115. The molecule has 2 aliphatic heterocycles. The minimum Gasteiger partial charge on any atom is -0.504 e. The molecule has 0 unspecified atom stereocenters. The Morgan fingerprint density at radius 2 is 1.64 bits per heavy atom. The number of phenols is 2. The second kappa shape index (κ2) is 11.9. The summed E-state index contributed by atoms with van der Waals surface area (Å²) in [7, 11) is 0. The molecule has 8 rings (SSSR count). The van der Waals surface area contributed by atoms with Gasteiger partial charge in [-0.2, -0.15) is 0 Å². The molecule has 0 amide bonds. The van der Waals surface area contributed by atoms with E-state index in [9.17, 15) is 10.2 Å². The molecule has 2 aromatic carbocycles. The molecule has 5 heterocycles. The van der Waals surface area contributed by atoms with Crippen LogP contribution in [0.5, 0.6) is 11.5 Å². The number of nitrogen functional groups attached to an aromatic ring is 1. The number of hydrogen-bond donors (Lipinski definition) is 3. The zero-order valence-corrected chi connectivity index (χ0v) is 26.4. The highest BCUT2D eigenvalue weighted by molar-refractivity contribution is 5.85. The van der Waals surface area contributed by atoms with E-state index < -0.39 is 0 Å². The first-order chi connectivity index (χ1) is 22.9. The number of hydrogen-bond acceptors (Lipinski definition) is 8. The number of fused-ring (bicyclic) bond motifs is 1. The number of allylic oxidation sites excluding steroid dienone is 4. The lowest BCUT2D eigenvalue weighted by Gasteiger charge is -2.39. The predicted octanol–water partition coefficient (Wildman–Crippen LogP) is 6.70. The summed E-state index contributed by atoms with van der Waals surface area (Å²) in [5, 5.41) is 19.7. The number of aromatic hydroxyl groups is 2. The fourth-order valence-corrected chi connectivity index (χ4v) is 7.42. The Bertz CT molecular complexity index is 2000. The van der Waals surface area contributed by atoms with Crippen molar-refractivity contribution in [3.8, 4) is 28.6 Å². The van der Waals surface area contributed by atoms with E-state index in [1.165, 1.54) is 5.56 Å². The van der Waals surface area contributed by atoms with Crippen molar-refractivity contribution in [3.63, 3.8) is 0 Å².